The Kier molecular flexibility index (Phi) is 5.52. The molecule has 35 heavy (non-hydrogen) atoms. The molecule has 1 saturated heterocycles. The van der Waals surface area contributed by atoms with Crippen LogP contribution in [0.5, 0.6) is 0 Å². The van der Waals surface area contributed by atoms with Crippen molar-refractivity contribution in [2.24, 2.45) is 0 Å². The molecule has 5 rings (SSSR count). The van der Waals surface area contributed by atoms with Gasteiger partial charge in [0.1, 0.15) is 0 Å². The minimum Gasteiger partial charge on any atom is -0.381 e. The van der Waals surface area contributed by atoms with Crippen molar-refractivity contribution in [1.29, 1.82) is 5.26 Å². The summed E-state index contributed by atoms with van der Waals surface area (Å²) in [5.74, 6) is 0.203. The number of fused-ring (bicyclic) bond motifs is 1. The van der Waals surface area contributed by atoms with Crippen LogP contribution in [-0.2, 0) is 5.54 Å². The van der Waals surface area contributed by atoms with Gasteiger partial charge in [0.05, 0.1) is 46.6 Å². The number of carbonyl (C=O) groups excluding carboxylic acids is 2. The fraction of sp³-hybridized carbons (Fsp3) is 0.346. The van der Waals surface area contributed by atoms with Crippen LogP contribution in [0.25, 0.3) is 0 Å². The highest BCUT2D eigenvalue weighted by molar-refractivity contribution is 6.12. The number of nitriles is 1. The molecule has 3 aromatic rings. The highest BCUT2D eigenvalue weighted by Gasteiger charge is 2.44. The monoisotopic (exact) mass is 469 g/mol. The topological polar surface area (TPSA) is 118 Å². The van der Waals surface area contributed by atoms with Crippen molar-refractivity contribution in [3.8, 4) is 6.07 Å². The number of anilines is 2. The number of amides is 2. The van der Waals surface area contributed by atoms with E-state index < -0.39 is 5.54 Å². The molecule has 9 nitrogen and oxygen atoms in total. The molecule has 0 radical (unpaired) electrons. The average molecular weight is 470 g/mol. The van der Waals surface area contributed by atoms with Gasteiger partial charge in [0.15, 0.2) is 5.82 Å². The van der Waals surface area contributed by atoms with E-state index in [9.17, 15) is 14.9 Å². The van der Waals surface area contributed by atoms with E-state index in [1.165, 1.54) is 0 Å². The molecule has 1 aromatic carbocycles. The van der Waals surface area contributed by atoms with Crippen LogP contribution in [0.3, 0.4) is 0 Å². The lowest BCUT2D eigenvalue weighted by Gasteiger charge is -2.34. The van der Waals surface area contributed by atoms with Crippen LogP contribution in [0.15, 0.2) is 42.9 Å². The number of pyridine rings is 1. The van der Waals surface area contributed by atoms with Crippen LogP contribution in [0.1, 0.15) is 64.5 Å². The van der Waals surface area contributed by atoms with E-state index in [0.29, 0.717) is 35.7 Å². The molecule has 2 aliphatic rings. The highest BCUT2D eigenvalue weighted by Crippen LogP contribution is 2.42. The maximum absolute atomic E-state index is 13.3. The maximum atomic E-state index is 13.3. The smallest absolute Gasteiger partial charge is 0.289 e. The first-order valence-corrected chi connectivity index (χ1v) is 11.7. The lowest BCUT2D eigenvalue weighted by Crippen LogP contribution is -2.42. The summed E-state index contributed by atoms with van der Waals surface area (Å²) in [6.07, 6.45) is 6.77. The Morgan fingerprint density at radius 1 is 1.23 bits per heavy atom. The zero-order chi connectivity index (χ0) is 24.7. The van der Waals surface area contributed by atoms with E-state index in [-0.39, 0.29) is 17.9 Å². The summed E-state index contributed by atoms with van der Waals surface area (Å²) in [5.41, 5.74) is 3.68. The molecule has 0 unspecified atom stereocenters. The summed E-state index contributed by atoms with van der Waals surface area (Å²) in [5, 5.41) is 12.8. The Morgan fingerprint density at radius 2 is 2.00 bits per heavy atom. The number of hydrogen-bond donors (Lipinski definition) is 2. The first-order valence-electron chi connectivity index (χ1n) is 11.7. The van der Waals surface area contributed by atoms with Crippen LogP contribution in [-0.4, -0.2) is 50.8 Å². The van der Waals surface area contributed by atoms with Gasteiger partial charge in [0.25, 0.3) is 11.8 Å². The van der Waals surface area contributed by atoms with E-state index in [1.807, 2.05) is 31.7 Å². The number of aromatic amines is 1. The third-order valence-corrected chi connectivity index (χ3v) is 6.84. The SMILES string of the molecule is Cc1c[nH]c(C(=O)N2CCC(Nc3cncc(N4C(=O)c5ccc(C#N)cc5C4(C)C)c3)CC2)n1. The van der Waals surface area contributed by atoms with E-state index >= 15 is 0 Å². The van der Waals surface area contributed by atoms with Gasteiger partial charge in [0.2, 0.25) is 0 Å². The van der Waals surface area contributed by atoms with Gasteiger partial charge in [-0.3, -0.25) is 19.5 Å². The summed E-state index contributed by atoms with van der Waals surface area (Å²) >= 11 is 0. The quantitative estimate of drug-likeness (QED) is 0.603. The molecule has 1 fully saturated rings. The molecule has 2 aromatic heterocycles. The molecule has 0 spiro atoms. The van der Waals surface area contributed by atoms with Crippen molar-refractivity contribution in [2.75, 3.05) is 23.3 Å². The summed E-state index contributed by atoms with van der Waals surface area (Å²) in [4.78, 5) is 41.1. The summed E-state index contributed by atoms with van der Waals surface area (Å²) < 4.78 is 0. The fourth-order valence-electron chi connectivity index (χ4n) is 5.01. The number of likely N-dealkylation sites (tertiary alicyclic amines) is 1. The van der Waals surface area contributed by atoms with Gasteiger partial charge in [-0.05, 0) is 63.4 Å². The Bertz CT molecular complexity index is 1350. The normalized spacial score (nSPS) is 17.3. The zero-order valence-electron chi connectivity index (χ0n) is 20.0. The Labute approximate surface area is 203 Å². The number of rotatable bonds is 4. The molecule has 0 saturated carbocycles. The van der Waals surface area contributed by atoms with Crippen LogP contribution in [0, 0.1) is 18.3 Å². The van der Waals surface area contributed by atoms with Crippen molar-refractivity contribution < 1.29 is 9.59 Å². The van der Waals surface area contributed by atoms with Crippen LogP contribution >= 0.6 is 0 Å². The third-order valence-electron chi connectivity index (χ3n) is 6.84. The van der Waals surface area contributed by atoms with Crippen LogP contribution in [0.2, 0.25) is 0 Å². The molecule has 2 amide bonds. The van der Waals surface area contributed by atoms with Crippen molar-refractivity contribution in [3.63, 3.8) is 0 Å². The van der Waals surface area contributed by atoms with E-state index in [0.717, 1.165) is 29.8 Å². The van der Waals surface area contributed by atoms with Gasteiger partial charge in [0, 0.05) is 30.9 Å². The van der Waals surface area contributed by atoms with E-state index in [4.69, 9.17) is 0 Å². The Balaban J connectivity index is 1.28. The van der Waals surface area contributed by atoms with Gasteiger partial charge in [-0.2, -0.15) is 5.26 Å². The summed E-state index contributed by atoms with van der Waals surface area (Å²) in [6, 6.07) is 9.48. The number of aryl methyl sites for hydroxylation is 1. The number of aromatic nitrogens is 3. The van der Waals surface area contributed by atoms with Crippen molar-refractivity contribution >= 4 is 23.2 Å². The first-order chi connectivity index (χ1) is 16.8. The van der Waals surface area contributed by atoms with Crippen molar-refractivity contribution in [3.05, 3.63) is 71.1 Å². The lowest BCUT2D eigenvalue weighted by molar-refractivity contribution is 0.0707. The number of carbonyl (C=O) groups is 2. The van der Waals surface area contributed by atoms with Gasteiger partial charge in [-0.25, -0.2) is 4.98 Å². The summed E-state index contributed by atoms with van der Waals surface area (Å²) in [7, 11) is 0. The molecular formula is C26H27N7O2. The Morgan fingerprint density at radius 3 is 2.69 bits per heavy atom. The number of nitrogens with one attached hydrogen (secondary N) is 2. The maximum Gasteiger partial charge on any atom is 0.289 e. The molecule has 9 heteroatoms. The lowest BCUT2D eigenvalue weighted by atomic mass is 9.92. The minimum absolute atomic E-state index is 0.0749. The number of hydrogen-bond acceptors (Lipinski definition) is 6. The van der Waals surface area contributed by atoms with Crippen molar-refractivity contribution in [2.45, 2.75) is 45.2 Å². The van der Waals surface area contributed by atoms with E-state index in [2.05, 4.69) is 26.3 Å². The fourth-order valence-corrected chi connectivity index (χ4v) is 5.01. The first kappa shape index (κ1) is 22.6. The Hall–Kier alpha value is -4.19. The molecule has 2 aliphatic heterocycles. The van der Waals surface area contributed by atoms with Gasteiger partial charge in [-0.15, -0.1) is 0 Å². The predicted octanol–water partition coefficient (Wildman–Crippen LogP) is 3.60. The average Bonchev–Trinajstić information content (AvgIpc) is 3.37. The highest BCUT2D eigenvalue weighted by atomic mass is 16.2. The molecule has 0 aliphatic carbocycles. The molecule has 0 atom stereocenters. The molecule has 2 N–H and O–H groups in total. The third kappa shape index (κ3) is 4.01. The van der Waals surface area contributed by atoms with Crippen LogP contribution in [0.4, 0.5) is 11.4 Å². The zero-order valence-corrected chi connectivity index (χ0v) is 20.0. The van der Waals surface area contributed by atoms with E-state index in [1.54, 1.807) is 41.7 Å². The second-order valence-corrected chi connectivity index (χ2v) is 9.60. The minimum atomic E-state index is -0.616. The number of H-pyrrole nitrogens is 1. The molecule has 178 valence electrons. The van der Waals surface area contributed by atoms with Gasteiger partial charge in [-0.1, -0.05) is 0 Å². The molecule has 4 heterocycles. The molecule has 0 bridgehead atoms. The van der Waals surface area contributed by atoms with Crippen LogP contribution < -0.4 is 10.2 Å². The summed E-state index contributed by atoms with van der Waals surface area (Å²) in [6.45, 7) is 7.08. The predicted molar refractivity (Wildman–Crippen MR) is 131 cm³/mol. The second kappa shape index (κ2) is 8.55. The van der Waals surface area contributed by atoms with Crippen molar-refractivity contribution in [1.82, 2.24) is 19.9 Å². The standard InChI is InChI=1S/C26H27N7O2/c1-16-13-29-23(30-16)25(35)32-8-6-18(7-9-32)31-19-11-20(15-28-14-19)33-24(34)21-5-4-17(12-27)10-22(21)26(33,2)3/h4-5,10-11,13-15,18,31H,6-9H2,1-3H3,(H,29,30). The number of nitrogens with zero attached hydrogens (tertiary/aromatic N) is 5. The second-order valence-electron chi connectivity index (χ2n) is 9.60. The van der Waals surface area contributed by atoms with Gasteiger partial charge < -0.3 is 15.2 Å². The number of benzene rings is 1. The number of piperidine rings is 1. The molecular weight excluding hydrogens is 442 g/mol. The number of imidazole rings is 1. The largest absolute Gasteiger partial charge is 0.381 e. The van der Waals surface area contributed by atoms with Gasteiger partial charge >= 0.3 is 0 Å².